The van der Waals surface area contributed by atoms with Gasteiger partial charge in [0, 0.05) is 18.9 Å². The van der Waals surface area contributed by atoms with Crippen molar-refractivity contribution in [2.45, 2.75) is 26.7 Å². The molecule has 0 fully saturated rings. The minimum atomic E-state index is 0.728. The van der Waals surface area contributed by atoms with E-state index < -0.39 is 0 Å². The maximum Gasteiger partial charge on any atom is 0.222 e. The van der Waals surface area contributed by atoms with Gasteiger partial charge in [0.05, 0.1) is 0 Å². The molecule has 1 aromatic rings. The lowest BCUT2D eigenvalue weighted by atomic mass is 10.1. The first kappa shape index (κ1) is 9.96. The second kappa shape index (κ2) is 5.51. The highest BCUT2D eigenvalue weighted by molar-refractivity contribution is 5.21. The van der Waals surface area contributed by atoms with Gasteiger partial charge in [0.1, 0.15) is 0 Å². The Labute approximate surface area is 79.6 Å². The fraction of sp³-hybridized carbons (Fsp3) is 0.600. The first-order valence-corrected chi connectivity index (χ1v) is 4.80. The lowest BCUT2D eigenvalue weighted by Crippen LogP contribution is -2.05. The molecule has 0 amide bonds. The molecule has 1 heterocycles. The molecule has 1 N–H and O–H groups in total. The average Bonchev–Trinajstić information content (AvgIpc) is 2.14. The highest BCUT2D eigenvalue weighted by Crippen LogP contribution is 2.03. The minimum absolute atomic E-state index is 0.728. The Balaban J connectivity index is 2.13. The van der Waals surface area contributed by atoms with E-state index in [0.717, 1.165) is 18.4 Å². The summed E-state index contributed by atoms with van der Waals surface area (Å²) in [6, 6.07) is 1.82. The fourth-order valence-electron chi connectivity index (χ4n) is 1.10. The van der Waals surface area contributed by atoms with Crippen LogP contribution in [0.3, 0.4) is 0 Å². The SMILES string of the molecule is CC(C)CCCNc1ncccn1. The molecular formula is C10H17N3. The van der Waals surface area contributed by atoms with Gasteiger partial charge in [0.15, 0.2) is 0 Å². The summed E-state index contributed by atoms with van der Waals surface area (Å²) < 4.78 is 0. The topological polar surface area (TPSA) is 37.8 Å². The monoisotopic (exact) mass is 179 g/mol. The molecule has 0 saturated heterocycles. The largest absolute Gasteiger partial charge is 0.354 e. The summed E-state index contributed by atoms with van der Waals surface area (Å²) in [5.74, 6) is 1.50. The molecule has 0 bridgehead atoms. The third-order valence-corrected chi connectivity index (χ3v) is 1.81. The van der Waals surface area contributed by atoms with Gasteiger partial charge in [-0.3, -0.25) is 0 Å². The first-order chi connectivity index (χ1) is 6.29. The van der Waals surface area contributed by atoms with Crippen molar-refractivity contribution in [1.82, 2.24) is 9.97 Å². The maximum absolute atomic E-state index is 4.07. The predicted octanol–water partition coefficient (Wildman–Crippen LogP) is 2.32. The molecular weight excluding hydrogens is 162 g/mol. The zero-order valence-electron chi connectivity index (χ0n) is 8.33. The molecule has 0 radical (unpaired) electrons. The van der Waals surface area contributed by atoms with E-state index in [4.69, 9.17) is 0 Å². The highest BCUT2D eigenvalue weighted by Gasteiger charge is 1.94. The van der Waals surface area contributed by atoms with Crippen LogP contribution in [0.4, 0.5) is 5.95 Å². The smallest absolute Gasteiger partial charge is 0.222 e. The number of anilines is 1. The summed E-state index contributed by atoms with van der Waals surface area (Å²) in [5, 5.41) is 3.18. The third kappa shape index (κ3) is 4.45. The summed E-state index contributed by atoms with van der Waals surface area (Å²) >= 11 is 0. The van der Waals surface area contributed by atoms with Crippen LogP contribution in [0, 0.1) is 5.92 Å². The fourth-order valence-corrected chi connectivity index (χ4v) is 1.10. The lowest BCUT2D eigenvalue weighted by molar-refractivity contribution is 0.566. The van der Waals surface area contributed by atoms with Crippen molar-refractivity contribution < 1.29 is 0 Å². The zero-order valence-corrected chi connectivity index (χ0v) is 8.33. The number of aromatic nitrogens is 2. The van der Waals surface area contributed by atoms with Crippen LogP contribution in [-0.2, 0) is 0 Å². The van der Waals surface area contributed by atoms with Gasteiger partial charge < -0.3 is 5.32 Å². The quantitative estimate of drug-likeness (QED) is 0.705. The van der Waals surface area contributed by atoms with E-state index in [0.29, 0.717) is 0 Å². The first-order valence-electron chi connectivity index (χ1n) is 4.80. The van der Waals surface area contributed by atoms with Crippen LogP contribution >= 0.6 is 0 Å². The Hall–Kier alpha value is -1.12. The van der Waals surface area contributed by atoms with Gasteiger partial charge in [-0.25, -0.2) is 9.97 Å². The molecule has 3 heteroatoms. The Bertz CT molecular complexity index is 221. The van der Waals surface area contributed by atoms with Gasteiger partial charge in [0.25, 0.3) is 0 Å². The second-order valence-corrected chi connectivity index (χ2v) is 3.54. The number of nitrogens with zero attached hydrogens (tertiary/aromatic N) is 2. The molecule has 13 heavy (non-hydrogen) atoms. The number of rotatable bonds is 5. The molecule has 0 atom stereocenters. The Kier molecular flexibility index (Phi) is 4.23. The van der Waals surface area contributed by atoms with Crippen LogP contribution in [0.15, 0.2) is 18.5 Å². The summed E-state index contributed by atoms with van der Waals surface area (Å²) in [4.78, 5) is 8.15. The van der Waals surface area contributed by atoms with Gasteiger partial charge in [-0.2, -0.15) is 0 Å². The van der Waals surface area contributed by atoms with Gasteiger partial charge in [-0.15, -0.1) is 0 Å². The van der Waals surface area contributed by atoms with Crippen molar-refractivity contribution in [2.75, 3.05) is 11.9 Å². The van der Waals surface area contributed by atoms with Crippen molar-refractivity contribution >= 4 is 5.95 Å². The standard InChI is InChI=1S/C10H17N3/c1-9(2)5-3-6-11-10-12-7-4-8-13-10/h4,7-9H,3,5-6H2,1-2H3,(H,11,12,13). The van der Waals surface area contributed by atoms with Gasteiger partial charge in [-0.1, -0.05) is 13.8 Å². The molecule has 1 rings (SSSR count). The van der Waals surface area contributed by atoms with E-state index in [1.165, 1.54) is 12.8 Å². The van der Waals surface area contributed by atoms with Crippen molar-refractivity contribution in [3.63, 3.8) is 0 Å². The predicted molar refractivity (Wildman–Crippen MR) is 54.6 cm³/mol. The molecule has 0 aliphatic rings. The normalized spacial score (nSPS) is 10.4. The van der Waals surface area contributed by atoms with Crippen molar-refractivity contribution in [3.05, 3.63) is 18.5 Å². The molecule has 3 nitrogen and oxygen atoms in total. The molecule has 72 valence electrons. The summed E-state index contributed by atoms with van der Waals surface area (Å²) in [5.41, 5.74) is 0. The van der Waals surface area contributed by atoms with Gasteiger partial charge >= 0.3 is 0 Å². The summed E-state index contributed by atoms with van der Waals surface area (Å²) in [6.07, 6.45) is 5.92. The van der Waals surface area contributed by atoms with Crippen molar-refractivity contribution in [1.29, 1.82) is 0 Å². The maximum atomic E-state index is 4.07. The summed E-state index contributed by atoms with van der Waals surface area (Å²) in [7, 11) is 0. The van der Waals surface area contributed by atoms with Gasteiger partial charge in [0.2, 0.25) is 5.95 Å². The van der Waals surface area contributed by atoms with Gasteiger partial charge in [-0.05, 0) is 24.8 Å². The van der Waals surface area contributed by atoms with Crippen LogP contribution in [0.5, 0.6) is 0 Å². The van der Waals surface area contributed by atoms with Crippen LogP contribution in [0.2, 0.25) is 0 Å². The Morgan fingerprint density at radius 3 is 2.62 bits per heavy atom. The highest BCUT2D eigenvalue weighted by atomic mass is 15.1. The van der Waals surface area contributed by atoms with Crippen LogP contribution in [0.1, 0.15) is 26.7 Å². The Morgan fingerprint density at radius 2 is 2.00 bits per heavy atom. The lowest BCUT2D eigenvalue weighted by Gasteiger charge is -2.05. The number of nitrogens with one attached hydrogen (secondary N) is 1. The molecule has 0 saturated carbocycles. The van der Waals surface area contributed by atoms with E-state index >= 15 is 0 Å². The summed E-state index contributed by atoms with van der Waals surface area (Å²) in [6.45, 7) is 5.43. The number of hydrogen-bond acceptors (Lipinski definition) is 3. The van der Waals surface area contributed by atoms with E-state index in [9.17, 15) is 0 Å². The Morgan fingerprint density at radius 1 is 1.31 bits per heavy atom. The van der Waals surface area contributed by atoms with Crippen molar-refractivity contribution in [2.24, 2.45) is 5.92 Å². The zero-order chi connectivity index (χ0) is 9.52. The van der Waals surface area contributed by atoms with E-state index in [2.05, 4.69) is 29.1 Å². The van der Waals surface area contributed by atoms with E-state index in [-0.39, 0.29) is 0 Å². The molecule has 0 aromatic carbocycles. The molecule has 1 aromatic heterocycles. The molecule has 0 unspecified atom stereocenters. The second-order valence-electron chi connectivity index (χ2n) is 3.54. The molecule has 0 spiro atoms. The minimum Gasteiger partial charge on any atom is -0.354 e. The molecule has 0 aliphatic carbocycles. The average molecular weight is 179 g/mol. The van der Waals surface area contributed by atoms with E-state index in [1.807, 2.05) is 6.07 Å². The molecule has 0 aliphatic heterocycles. The van der Waals surface area contributed by atoms with Crippen LogP contribution in [-0.4, -0.2) is 16.5 Å². The van der Waals surface area contributed by atoms with Crippen LogP contribution in [0.25, 0.3) is 0 Å². The number of hydrogen-bond donors (Lipinski definition) is 1. The third-order valence-electron chi connectivity index (χ3n) is 1.81. The van der Waals surface area contributed by atoms with Crippen LogP contribution < -0.4 is 5.32 Å². The van der Waals surface area contributed by atoms with Crippen molar-refractivity contribution in [3.8, 4) is 0 Å². The van der Waals surface area contributed by atoms with E-state index in [1.54, 1.807) is 12.4 Å².